The molecule has 5 nitrogen and oxygen atoms in total. The van der Waals surface area contributed by atoms with Crippen LogP contribution in [-0.4, -0.2) is 29.0 Å². The van der Waals surface area contributed by atoms with Crippen LogP contribution in [0.2, 0.25) is 5.02 Å². The van der Waals surface area contributed by atoms with Crippen molar-refractivity contribution >= 4 is 29.5 Å². The van der Waals surface area contributed by atoms with E-state index in [1.165, 1.54) is 0 Å². The Kier molecular flexibility index (Phi) is 5.33. The van der Waals surface area contributed by atoms with Crippen molar-refractivity contribution in [3.63, 3.8) is 0 Å². The standard InChI is InChI=1S/C21H19ClN2O3/c1-13-10-15(12-23-16-4-7-18(27-3)8-5-16)14(2)24(13)17-6-9-20(22)19(11-17)21(25)26/h4-12H,1-3H3,(H,25,26). The van der Waals surface area contributed by atoms with E-state index in [4.69, 9.17) is 16.3 Å². The van der Waals surface area contributed by atoms with Gasteiger partial charge in [0.25, 0.3) is 0 Å². The number of aliphatic imine (C=N–C) groups is 1. The van der Waals surface area contributed by atoms with Gasteiger partial charge in [0.2, 0.25) is 0 Å². The summed E-state index contributed by atoms with van der Waals surface area (Å²) < 4.78 is 7.13. The van der Waals surface area contributed by atoms with Gasteiger partial charge < -0.3 is 14.4 Å². The van der Waals surface area contributed by atoms with Crippen LogP contribution >= 0.6 is 11.6 Å². The van der Waals surface area contributed by atoms with Crippen LogP contribution in [0.4, 0.5) is 5.69 Å². The zero-order valence-electron chi connectivity index (χ0n) is 15.2. The Morgan fingerprint density at radius 2 is 1.85 bits per heavy atom. The summed E-state index contributed by atoms with van der Waals surface area (Å²) in [7, 11) is 1.62. The molecule has 3 rings (SSSR count). The first-order valence-electron chi connectivity index (χ1n) is 8.31. The van der Waals surface area contributed by atoms with Gasteiger partial charge in [0, 0.05) is 28.9 Å². The summed E-state index contributed by atoms with van der Waals surface area (Å²) in [6, 6.07) is 14.5. The fraction of sp³-hybridized carbons (Fsp3) is 0.143. The third kappa shape index (κ3) is 3.88. The van der Waals surface area contributed by atoms with E-state index in [1.807, 2.05) is 48.7 Å². The molecule has 1 N–H and O–H groups in total. The lowest BCUT2D eigenvalue weighted by atomic mass is 10.2. The number of hydrogen-bond donors (Lipinski definition) is 1. The molecule has 3 aromatic rings. The van der Waals surface area contributed by atoms with E-state index in [2.05, 4.69) is 4.99 Å². The summed E-state index contributed by atoms with van der Waals surface area (Å²) in [5.41, 5.74) is 4.53. The van der Waals surface area contributed by atoms with Gasteiger partial charge in [-0.25, -0.2) is 4.79 Å². The zero-order chi connectivity index (χ0) is 19.6. The highest BCUT2D eigenvalue weighted by molar-refractivity contribution is 6.33. The molecule has 0 radical (unpaired) electrons. The van der Waals surface area contributed by atoms with Gasteiger partial charge in [0.05, 0.1) is 23.4 Å². The average Bonchev–Trinajstić information content (AvgIpc) is 2.94. The Hall–Kier alpha value is -3.05. The number of carbonyl (C=O) groups is 1. The lowest BCUT2D eigenvalue weighted by Crippen LogP contribution is -2.03. The molecule has 27 heavy (non-hydrogen) atoms. The van der Waals surface area contributed by atoms with Gasteiger partial charge in [0.15, 0.2) is 0 Å². The molecule has 0 aliphatic heterocycles. The number of rotatable bonds is 5. The minimum atomic E-state index is -1.05. The fourth-order valence-electron chi connectivity index (χ4n) is 2.94. The Labute approximate surface area is 162 Å². The summed E-state index contributed by atoms with van der Waals surface area (Å²) in [5, 5.41) is 9.52. The number of aryl methyl sites for hydroxylation is 1. The summed E-state index contributed by atoms with van der Waals surface area (Å²) in [6.45, 7) is 3.93. The molecule has 0 saturated heterocycles. The first-order chi connectivity index (χ1) is 12.9. The summed E-state index contributed by atoms with van der Waals surface area (Å²) in [4.78, 5) is 15.9. The van der Waals surface area contributed by atoms with Crippen LogP contribution in [0.3, 0.4) is 0 Å². The van der Waals surface area contributed by atoms with Crippen LogP contribution in [0.25, 0.3) is 5.69 Å². The van der Waals surface area contributed by atoms with Crippen molar-refractivity contribution in [2.45, 2.75) is 13.8 Å². The molecule has 2 aromatic carbocycles. The number of aromatic carboxylic acids is 1. The quantitative estimate of drug-likeness (QED) is 0.616. The highest BCUT2D eigenvalue weighted by Gasteiger charge is 2.14. The lowest BCUT2D eigenvalue weighted by Gasteiger charge is -2.11. The maximum atomic E-state index is 11.4. The first-order valence-corrected chi connectivity index (χ1v) is 8.69. The highest BCUT2D eigenvalue weighted by atomic mass is 35.5. The summed E-state index contributed by atoms with van der Waals surface area (Å²) >= 11 is 5.98. The number of benzene rings is 2. The van der Waals surface area contributed by atoms with Gasteiger partial charge in [-0.3, -0.25) is 4.99 Å². The van der Waals surface area contributed by atoms with Crippen molar-refractivity contribution in [2.75, 3.05) is 7.11 Å². The van der Waals surface area contributed by atoms with Gasteiger partial charge >= 0.3 is 5.97 Å². The van der Waals surface area contributed by atoms with Crippen LogP contribution in [0.5, 0.6) is 5.75 Å². The topological polar surface area (TPSA) is 63.8 Å². The summed E-state index contributed by atoms with van der Waals surface area (Å²) in [6.07, 6.45) is 1.80. The average molecular weight is 383 g/mol. The molecule has 0 saturated carbocycles. The fourth-order valence-corrected chi connectivity index (χ4v) is 3.14. The summed E-state index contributed by atoms with van der Waals surface area (Å²) in [5.74, 6) is -0.269. The van der Waals surface area contributed by atoms with Crippen LogP contribution in [0.15, 0.2) is 53.5 Å². The van der Waals surface area contributed by atoms with E-state index < -0.39 is 5.97 Å². The van der Waals surface area contributed by atoms with Crippen LogP contribution in [-0.2, 0) is 0 Å². The van der Waals surface area contributed by atoms with E-state index in [0.29, 0.717) is 0 Å². The van der Waals surface area contributed by atoms with E-state index in [0.717, 1.165) is 34.1 Å². The lowest BCUT2D eigenvalue weighted by molar-refractivity contribution is 0.0697. The minimum absolute atomic E-state index is 0.0788. The van der Waals surface area contributed by atoms with Crippen molar-refractivity contribution < 1.29 is 14.6 Å². The van der Waals surface area contributed by atoms with Crippen molar-refractivity contribution in [1.29, 1.82) is 0 Å². The Morgan fingerprint density at radius 3 is 2.48 bits per heavy atom. The minimum Gasteiger partial charge on any atom is -0.497 e. The molecule has 0 bridgehead atoms. The molecule has 1 heterocycles. The molecular formula is C21H19ClN2O3. The number of carboxylic acids is 1. The van der Waals surface area contributed by atoms with Gasteiger partial charge in [-0.1, -0.05) is 11.6 Å². The molecule has 138 valence electrons. The molecule has 0 fully saturated rings. The van der Waals surface area contributed by atoms with Gasteiger partial charge in [0.1, 0.15) is 5.75 Å². The maximum Gasteiger partial charge on any atom is 0.337 e. The predicted molar refractivity (Wildman–Crippen MR) is 107 cm³/mol. The number of nitrogens with zero attached hydrogens (tertiary/aromatic N) is 2. The second-order valence-corrected chi connectivity index (χ2v) is 6.49. The first kappa shape index (κ1) is 18.7. The normalized spacial score (nSPS) is 11.1. The third-order valence-electron chi connectivity index (χ3n) is 4.33. The van der Waals surface area contributed by atoms with Crippen molar-refractivity contribution in [1.82, 2.24) is 4.57 Å². The molecule has 0 aliphatic rings. The highest BCUT2D eigenvalue weighted by Crippen LogP contribution is 2.25. The van der Waals surface area contributed by atoms with Crippen LogP contribution in [0, 0.1) is 13.8 Å². The molecule has 1 aromatic heterocycles. The van der Waals surface area contributed by atoms with Crippen molar-refractivity contribution in [3.8, 4) is 11.4 Å². The Morgan fingerprint density at radius 1 is 1.15 bits per heavy atom. The number of carboxylic acid groups (broad SMARTS) is 1. The van der Waals surface area contributed by atoms with E-state index in [-0.39, 0.29) is 10.6 Å². The molecule has 0 unspecified atom stereocenters. The number of aromatic nitrogens is 1. The number of hydrogen-bond acceptors (Lipinski definition) is 3. The number of ether oxygens (including phenoxy) is 1. The molecule has 6 heteroatoms. The van der Waals surface area contributed by atoms with E-state index in [9.17, 15) is 9.90 Å². The number of methoxy groups -OCH3 is 1. The zero-order valence-corrected chi connectivity index (χ0v) is 16.0. The molecule has 0 spiro atoms. The molecule has 0 aliphatic carbocycles. The third-order valence-corrected chi connectivity index (χ3v) is 4.66. The second-order valence-electron chi connectivity index (χ2n) is 6.09. The molecular weight excluding hydrogens is 364 g/mol. The largest absolute Gasteiger partial charge is 0.497 e. The van der Waals surface area contributed by atoms with Gasteiger partial charge in [-0.2, -0.15) is 0 Å². The maximum absolute atomic E-state index is 11.4. The van der Waals surface area contributed by atoms with Gasteiger partial charge in [-0.05, 0) is 62.4 Å². The van der Waals surface area contributed by atoms with E-state index >= 15 is 0 Å². The van der Waals surface area contributed by atoms with Crippen molar-refractivity contribution in [2.24, 2.45) is 4.99 Å². The molecule has 0 amide bonds. The monoisotopic (exact) mass is 382 g/mol. The van der Waals surface area contributed by atoms with Crippen LogP contribution in [0.1, 0.15) is 27.3 Å². The molecule has 0 atom stereocenters. The Bertz CT molecular complexity index is 1020. The van der Waals surface area contributed by atoms with Crippen molar-refractivity contribution in [3.05, 3.63) is 76.1 Å². The van der Waals surface area contributed by atoms with Crippen LogP contribution < -0.4 is 4.74 Å². The Balaban J connectivity index is 1.96. The SMILES string of the molecule is COc1ccc(N=Cc2cc(C)n(-c3ccc(Cl)c(C(=O)O)c3)c2C)cc1. The van der Waals surface area contributed by atoms with Gasteiger partial charge in [-0.15, -0.1) is 0 Å². The second kappa shape index (κ2) is 7.68. The van der Waals surface area contributed by atoms with E-state index in [1.54, 1.807) is 31.5 Å². The smallest absolute Gasteiger partial charge is 0.337 e. The number of halogens is 1. The predicted octanol–water partition coefficient (Wildman–Crippen LogP) is 5.20.